The van der Waals surface area contributed by atoms with Crippen LogP contribution < -0.4 is 0 Å². The number of para-hydroxylation sites is 1. The van der Waals surface area contributed by atoms with Gasteiger partial charge in [0.25, 0.3) is 0 Å². The zero-order valence-electron chi connectivity index (χ0n) is 17.9. The van der Waals surface area contributed by atoms with Crippen LogP contribution >= 0.6 is 23.1 Å². The predicted octanol–water partition coefficient (Wildman–Crippen LogP) is 4.81. The summed E-state index contributed by atoms with van der Waals surface area (Å²) in [6.45, 7) is 4.86. The number of benzene rings is 2. The van der Waals surface area contributed by atoms with Gasteiger partial charge < -0.3 is 9.47 Å². The fourth-order valence-corrected chi connectivity index (χ4v) is 5.34. The molecule has 0 N–H and O–H groups in total. The second-order valence-corrected chi connectivity index (χ2v) is 9.30. The van der Waals surface area contributed by atoms with Crippen molar-refractivity contribution in [2.24, 2.45) is 0 Å². The van der Waals surface area contributed by atoms with E-state index >= 15 is 0 Å². The maximum Gasteiger partial charge on any atom is 0.233 e. The van der Waals surface area contributed by atoms with E-state index in [-0.39, 0.29) is 11.9 Å². The predicted molar refractivity (Wildman–Crippen MR) is 126 cm³/mol. The molecule has 0 radical (unpaired) electrons. The molecule has 4 aromatic rings. The quantitative estimate of drug-likeness (QED) is 0.360. The summed E-state index contributed by atoms with van der Waals surface area (Å²) in [5.74, 6) is 1.28. The van der Waals surface area contributed by atoms with E-state index in [0.29, 0.717) is 5.75 Å². The van der Waals surface area contributed by atoms with Crippen LogP contribution in [0.1, 0.15) is 36.3 Å². The molecule has 0 aliphatic heterocycles. The van der Waals surface area contributed by atoms with E-state index in [0.717, 1.165) is 39.2 Å². The van der Waals surface area contributed by atoms with Gasteiger partial charge in [0, 0.05) is 20.0 Å². The van der Waals surface area contributed by atoms with Gasteiger partial charge >= 0.3 is 0 Å². The van der Waals surface area contributed by atoms with Crippen LogP contribution in [-0.2, 0) is 17.8 Å². The Bertz CT molecular complexity index is 1140. The van der Waals surface area contributed by atoms with E-state index in [1.165, 1.54) is 17.3 Å². The molecule has 2 heterocycles. The number of amides is 1. The highest BCUT2D eigenvalue weighted by molar-refractivity contribution is 7.99. The smallest absolute Gasteiger partial charge is 0.233 e. The first-order chi connectivity index (χ1) is 15.1. The molecule has 0 saturated carbocycles. The number of aromatic nitrogens is 4. The molecule has 4 rings (SSSR count). The van der Waals surface area contributed by atoms with Gasteiger partial charge in [0.1, 0.15) is 10.8 Å². The van der Waals surface area contributed by atoms with Crippen LogP contribution in [0.5, 0.6) is 0 Å². The SMILES string of the molecule is CCn1c(Cc2ccccc2)nnc1SCC(=O)N(C)[C@H](C)c1nc2ccccc2s1. The van der Waals surface area contributed by atoms with Crippen molar-refractivity contribution in [2.75, 3.05) is 12.8 Å². The minimum atomic E-state index is -0.0804. The molecule has 0 aliphatic carbocycles. The van der Waals surface area contributed by atoms with Gasteiger partial charge in [-0.1, -0.05) is 54.2 Å². The van der Waals surface area contributed by atoms with E-state index < -0.39 is 0 Å². The molecule has 8 heteroatoms. The standard InChI is InChI=1S/C23H25N5OS2/c1-4-28-20(14-17-10-6-5-7-11-17)25-26-23(28)30-15-21(29)27(3)16(2)22-24-18-12-8-9-13-19(18)31-22/h5-13,16H,4,14-15H2,1-3H3/t16-/m1/s1. The number of rotatable bonds is 8. The fraction of sp³-hybridized carbons (Fsp3) is 0.304. The summed E-state index contributed by atoms with van der Waals surface area (Å²) in [5, 5.41) is 10.4. The largest absolute Gasteiger partial charge is 0.336 e. The van der Waals surface area contributed by atoms with Gasteiger partial charge in [-0.25, -0.2) is 4.98 Å². The maximum absolute atomic E-state index is 12.9. The molecule has 160 valence electrons. The number of fused-ring (bicyclic) bond motifs is 1. The van der Waals surface area contributed by atoms with E-state index in [4.69, 9.17) is 4.98 Å². The lowest BCUT2D eigenvalue weighted by atomic mass is 10.1. The molecular formula is C23H25N5OS2. The number of hydrogen-bond acceptors (Lipinski definition) is 6. The first-order valence-electron chi connectivity index (χ1n) is 10.3. The zero-order valence-corrected chi connectivity index (χ0v) is 19.5. The normalized spacial score (nSPS) is 12.2. The molecule has 1 amide bonds. The lowest BCUT2D eigenvalue weighted by Gasteiger charge is -2.23. The summed E-state index contributed by atoms with van der Waals surface area (Å²) in [4.78, 5) is 19.3. The molecule has 0 fully saturated rings. The van der Waals surface area contributed by atoms with Crippen molar-refractivity contribution in [3.8, 4) is 0 Å². The number of thiazole rings is 1. The molecule has 0 aliphatic rings. The van der Waals surface area contributed by atoms with Gasteiger partial charge in [0.05, 0.1) is 22.0 Å². The Morgan fingerprint density at radius 1 is 1.13 bits per heavy atom. The minimum absolute atomic E-state index is 0.0482. The molecule has 2 aromatic heterocycles. The Labute approximate surface area is 190 Å². The van der Waals surface area contributed by atoms with E-state index in [1.54, 1.807) is 16.2 Å². The second kappa shape index (κ2) is 9.62. The van der Waals surface area contributed by atoms with Crippen molar-refractivity contribution in [1.29, 1.82) is 0 Å². The zero-order chi connectivity index (χ0) is 21.8. The van der Waals surface area contributed by atoms with Crippen LogP contribution in [0.3, 0.4) is 0 Å². The molecule has 2 aromatic carbocycles. The Hall–Kier alpha value is -2.71. The van der Waals surface area contributed by atoms with Gasteiger partial charge in [0.15, 0.2) is 5.16 Å². The maximum atomic E-state index is 12.9. The van der Waals surface area contributed by atoms with Crippen molar-refractivity contribution in [3.63, 3.8) is 0 Å². The third-order valence-corrected chi connectivity index (χ3v) is 7.44. The van der Waals surface area contributed by atoms with Crippen LogP contribution in [0.4, 0.5) is 0 Å². The third kappa shape index (κ3) is 4.80. The van der Waals surface area contributed by atoms with Gasteiger partial charge in [-0.3, -0.25) is 4.79 Å². The average Bonchev–Trinajstić information content (AvgIpc) is 3.40. The Morgan fingerprint density at radius 2 is 1.87 bits per heavy atom. The minimum Gasteiger partial charge on any atom is -0.336 e. The summed E-state index contributed by atoms with van der Waals surface area (Å²) in [5.41, 5.74) is 2.17. The third-order valence-electron chi connectivity index (χ3n) is 5.28. The molecule has 0 unspecified atom stereocenters. The van der Waals surface area contributed by atoms with Crippen LogP contribution in [-0.4, -0.2) is 43.4 Å². The first kappa shape index (κ1) is 21.5. The van der Waals surface area contributed by atoms with Crippen LogP contribution in [0.2, 0.25) is 0 Å². The molecule has 1 atom stereocenters. The molecular weight excluding hydrogens is 426 g/mol. The highest BCUT2D eigenvalue weighted by Crippen LogP contribution is 2.29. The van der Waals surface area contributed by atoms with E-state index in [9.17, 15) is 4.79 Å². The first-order valence-corrected chi connectivity index (χ1v) is 12.1. The van der Waals surface area contributed by atoms with Crippen molar-refractivity contribution < 1.29 is 4.79 Å². The average molecular weight is 452 g/mol. The Morgan fingerprint density at radius 3 is 2.61 bits per heavy atom. The van der Waals surface area contributed by atoms with Gasteiger partial charge in [-0.2, -0.15) is 0 Å². The van der Waals surface area contributed by atoms with Crippen LogP contribution in [0.25, 0.3) is 10.2 Å². The summed E-state index contributed by atoms with van der Waals surface area (Å²) < 4.78 is 3.23. The number of carbonyl (C=O) groups excluding carboxylic acids is 1. The van der Waals surface area contributed by atoms with Crippen molar-refractivity contribution >= 4 is 39.2 Å². The van der Waals surface area contributed by atoms with Crippen molar-refractivity contribution in [1.82, 2.24) is 24.6 Å². The molecule has 6 nitrogen and oxygen atoms in total. The number of thioether (sulfide) groups is 1. The Kier molecular flexibility index (Phi) is 6.67. The highest BCUT2D eigenvalue weighted by Gasteiger charge is 2.22. The number of carbonyl (C=O) groups is 1. The second-order valence-electron chi connectivity index (χ2n) is 7.29. The van der Waals surface area contributed by atoms with Gasteiger partial charge in [-0.05, 0) is 31.5 Å². The molecule has 0 spiro atoms. The van der Waals surface area contributed by atoms with Crippen molar-refractivity contribution in [2.45, 2.75) is 38.0 Å². The van der Waals surface area contributed by atoms with Crippen molar-refractivity contribution in [3.05, 3.63) is 71.0 Å². The summed E-state index contributed by atoms with van der Waals surface area (Å²) >= 11 is 3.08. The molecule has 0 bridgehead atoms. The number of hydrogen-bond donors (Lipinski definition) is 0. The fourth-order valence-electron chi connectivity index (χ4n) is 3.33. The van der Waals surface area contributed by atoms with Gasteiger partial charge in [0.2, 0.25) is 5.91 Å². The lowest BCUT2D eigenvalue weighted by Crippen LogP contribution is -2.31. The van der Waals surface area contributed by atoms with Crippen LogP contribution in [0, 0.1) is 0 Å². The highest BCUT2D eigenvalue weighted by atomic mass is 32.2. The van der Waals surface area contributed by atoms with E-state index in [2.05, 4.69) is 39.9 Å². The summed E-state index contributed by atoms with van der Waals surface area (Å²) in [6, 6.07) is 18.2. The summed E-state index contributed by atoms with van der Waals surface area (Å²) in [6.07, 6.45) is 0.727. The summed E-state index contributed by atoms with van der Waals surface area (Å²) in [7, 11) is 1.84. The van der Waals surface area contributed by atoms with Gasteiger partial charge in [-0.15, -0.1) is 21.5 Å². The topological polar surface area (TPSA) is 63.9 Å². The lowest BCUT2D eigenvalue weighted by molar-refractivity contribution is -0.128. The Balaban J connectivity index is 1.40. The number of nitrogens with zero attached hydrogens (tertiary/aromatic N) is 5. The monoisotopic (exact) mass is 451 g/mol. The van der Waals surface area contributed by atoms with E-state index in [1.807, 2.05) is 50.4 Å². The molecule has 31 heavy (non-hydrogen) atoms. The molecule has 0 saturated heterocycles. The van der Waals surface area contributed by atoms with Crippen LogP contribution in [0.15, 0.2) is 59.8 Å².